The fourth-order valence-electron chi connectivity index (χ4n) is 3.79. The number of rotatable bonds is 3. The zero-order chi connectivity index (χ0) is 22.8. The smallest absolute Gasteiger partial charge is 0.475 e. The average Bonchev–Trinajstić information content (AvgIpc) is 3.11. The maximum atomic E-state index is 13.4. The van der Waals surface area contributed by atoms with Crippen molar-refractivity contribution in [2.24, 2.45) is 5.41 Å². The van der Waals surface area contributed by atoms with E-state index in [-0.39, 0.29) is 17.1 Å². The highest BCUT2D eigenvalue weighted by molar-refractivity contribution is 6.04. The van der Waals surface area contributed by atoms with E-state index < -0.39 is 12.1 Å². The number of aryl methyl sites for hydroxylation is 1. The summed E-state index contributed by atoms with van der Waals surface area (Å²) in [5.41, 5.74) is 0.418. The summed E-state index contributed by atoms with van der Waals surface area (Å²) in [5, 5.41) is 7.12. The second kappa shape index (κ2) is 8.70. The lowest BCUT2D eigenvalue weighted by Gasteiger charge is -2.52. The van der Waals surface area contributed by atoms with E-state index in [0.29, 0.717) is 12.2 Å². The van der Waals surface area contributed by atoms with Gasteiger partial charge in [-0.15, -0.1) is 0 Å². The van der Waals surface area contributed by atoms with Gasteiger partial charge in [-0.25, -0.2) is 9.18 Å². The number of carboxylic acids is 1. The molecule has 0 atom stereocenters. The molecule has 2 saturated heterocycles. The molecule has 1 aromatic heterocycles. The number of piperidine rings is 1. The highest BCUT2D eigenvalue weighted by Gasteiger charge is 2.53. The fraction of sp³-hybridized carbons (Fsp3) is 0.429. The Morgan fingerprint density at radius 1 is 1.19 bits per heavy atom. The number of amides is 1. The van der Waals surface area contributed by atoms with E-state index in [2.05, 4.69) is 4.90 Å². The summed E-state index contributed by atoms with van der Waals surface area (Å²) in [6.07, 6.45) is -3.37. The van der Waals surface area contributed by atoms with Crippen molar-refractivity contribution in [1.29, 1.82) is 0 Å². The van der Waals surface area contributed by atoms with Crippen LogP contribution in [-0.2, 0) is 16.1 Å². The monoisotopic (exact) mass is 442 g/mol. The maximum absolute atomic E-state index is 13.4. The predicted octanol–water partition coefficient (Wildman–Crippen LogP) is 3.99. The maximum Gasteiger partial charge on any atom is 0.490 e. The fourth-order valence-corrected chi connectivity index (χ4v) is 3.79. The van der Waals surface area contributed by atoms with Gasteiger partial charge in [0, 0.05) is 12.2 Å². The van der Waals surface area contributed by atoms with Gasteiger partial charge < -0.3 is 14.4 Å². The van der Waals surface area contributed by atoms with E-state index in [9.17, 15) is 22.4 Å². The van der Waals surface area contributed by atoms with Crippen molar-refractivity contribution in [3.05, 3.63) is 53.7 Å². The lowest BCUT2D eigenvalue weighted by atomic mass is 9.71. The molecule has 2 aliphatic heterocycles. The third-order valence-corrected chi connectivity index (χ3v) is 5.51. The molecule has 10 heteroatoms. The van der Waals surface area contributed by atoms with Crippen LogP contribution in [0.5, 0.6) is 0 Å². The number of β-lactam (4-membered cyclic amide) rings is 1. The molecule has 2 aliphatic rings. The van der Waals surface area contributed by atoms with E-state index in [4.69, 9.17) is 14.3 Å². The SMILES string of the molecule is Cc1ccc(CN2CCC3(CC2)CN(c2cccc(F)c2)C3=O)o1.O=C(O)C(F)(F)F. The van der Waals surface area contributed by atoms with Crippen LogP contribution in [0.25, 0.3) is 0 Å². The first kappa shape index (κ1) is 22.8. The van der Waals surface area contributed by atoms with Gasteiger partial charge in [0.15, 0.2) is 0 Å². The van der Waals surface area contributed by atoms with Gasteiger partial charge in [-0.05, 0) is 63.2 Å². The van der Waals surface area contributed by atoms with Gasteiger partial charge in [-0.3, -0.25) is 9.69 Å². The zero-order valence-corrected chi connectivity index (χ0v) is 16.8. The van der Waals surface area contributed by atoms with Crippen molar-refractivity contribution < 1.29 is 36.7 Å². The first-order chi connectivity index (χ1) is 14.5. The molecule has 6 nitrogen and oxygen atoms in total. The van der Waals surface area contributed by atoms with Gasteiger partial charge in [0.2, 0.25) is 5.91 Å². The molecule has 1 spiro atoms. The molecule has 4 rings (SSSR count). The summed E-state index contributed by atoms with van der Waals surface area (Å²) < 4.78 is 50.7. The number of carbonyl (C=O) groups excluding carboxylic acids is 1. The Hall–Kier alpha value is -2.88. The number of aliphatic carboxylic acids is 1. The van der Waals surface area contributed by atoms with Gasteiger partial charge in [-0.1, -0.05) is 6.07 Å². The van der Waals surface area contributed by atoms with Crippen LogP contribution in [0.1, 0.15) is 24.4 Å². The minimum absolute atomic E-state index is 0.140. The lowest BCUT2D eigenvalue weighted by Crippen LogP contribution is -2.65. The standard InChI is InChI=1S/C19H21FN2O2.C2HF3O2/c1-14-5-6-17(24-14)12-21-9-7-19(8-10-21)13-22(18(19)23)16-4-2-3-15(20)11-16;3-2(4,5)1(6)7/h2-6,11H,7-10,12-13H2,1H3;(H,6,7). The van der Waals surface area contributed by atoms with Crippen LogP contribution in [0.2, 0.25) is 0 Å². The highest BCUT2D eigenvalue weighted by atomic mass is 19.4. The predicted molar refractivity (Wildman–Crippen MR) is 103 cm³/mol. The number of hydrogen-bond acceptors (Lipinski definition) is 4. The number of carbonyl (C=O) groups is 2. The summed E-state index contributed by atoms with van der Waals surface area (Å²) in [5.74, 6) is -1.01. The van der Waals surface area contributed by atoms with Crippen LogP contribution in [0, 0.1) is 18.2 Å². The Morgan fingerprint density at radius 3 is 2.32 bits per heavy atom. The van der Waals surface area contributed by atoms with Crippen molar-refractivity contribution in [3.63, 3.8) is 0 Å². The summed E-state index contributed by atoms with van der Waals surface area (Å²) >= 11 is 0. The first-order valence-corrected chi connectivity index (χ1v) is 9.65. The number of anilines is 1. The second-order valence-corrected chi connectivity index (χ2v) is 7.74. The normalized spacial score (nSPS) is 18.4. The van der Waals surface area contributed by atoms with E-state index >= 15 is 0 Å². The van der Waals surface area contributed by atoms with Gasteiger partial charge in [0.05, 0.1) is 12.0 Å². The van der Waals surface area contributed by atoms with Gasteiger partial charge in [-0.2, -0.15) is 13.2 Å². The molecule has 2 aromatic rings. The average molecular weight is 442 g/mol. The largest absolute Gasteiger partial charge is 0.490 e. The molecule has 3 heterocycles. The minimum Gasteiger partial charge on any atom is -0.475 e. The van der Waals surface area contributed by atoms with Crippen LogP contribution in [0.3, 0.4) is 0 Å². The molecule has 0 radical (unpaired) electrons. The van der Waals surface area contributed by atoms with Gasteiger partial charge >= 0.3 is 12.1 Å². The van der Waals surface area contributed by atoms with Crippen LogP contribution >= 0.6 is 0 Å². The van der Waals surface area contributed by atoms with Crippen molar-refractivity contribution >= 4 is 17.6 Å². The third kappa shape index (κ3) is 5.25. The van der Waals surface area contributed by atoms with Gasteiger partial charge in [0.1, 0.15) is 17.3 Å². The number of halogens is 4. The summed E-state index contributed by atoms with van der Waals surface area (Å²) in [6.45, 7) is 5.22. The van der Waals surface area contributed by atoms with Crippen LogP contribution in [0.15, 0.2) is 40.8 Å². The van der Waals surface area contributed by atoms with Gasteiger partial charge in [0.25, 0.3) is 0 Å². The second-order valence-electron chi connectivity index (χ2n) is 7.74. The molecule has 1 aromatic carbocycles. The minimum atomic E-state index is -5.08. The molecule has 168 valence electrons. The van der Waals surface area contributed by atoms with E-state index in [1.165, 1.54) is 12.1 Å². The Labute approximate surface area is 176 Å². The van der Waals surface area contributed by atoms with Crippen molar-refractivity contribution in [2.45, 2.75) is 32.5 Å². The van der Waals surface area contributed by atoms with Crippen LogP contribution in [-0.4, -0.2) is 47.7 Å². The number of benzene rings is 1. The first-order valence-electron chi connectivity index (χ1n) is 9.65. The Morgan fingerprint density at radius 2 is 1.84 bits per heavy atom. The molecular weight excluding hydrogens is 420 g/mol. The van der Waals surface area contributed by atoms with Crippen LogP contribution in [0.4, 0.5) is 23.2 Å². The van der Waals surface area contributed by atoms with E-state index in [1.807, 2.05) is 19.1 Å². The quantitative estimate of drug-likeness (QED) is 0.575. The number of carboxylic acid groups (broad SMARTS) is 1. The summed E-state index contributed by atoms with van der Waals surface area (Å²) in [6, 6.07) is 10.3. The Bertz CT molecular complexity index is 949. The number of hydrogen-bond donors (Lipinski definition) is 1. The number of furan rings is 1. The van der Waals surface area contributed by atoms with E-state index in [1.54, 1.807) is 17.0 Å². The summed E-state index contributed by atoms with van der Waals surface area (Å²) in [7, 11) is 0. The molecule has 0 aliphatic carbocycles. The molecule has 0 saturated carbocycles. The molecule has 1 N–H and O–H groups in total. The number of nitrogens with zero attached hydrogens (tertiary/aromatic N) is 2. The van der Waals surface area contributed by atoms with E-state index in [0.717, 1.165) is 44.0 Å². The summed E-state index contributed by atoms with van der Waals surface area (Å²) in [4.78, 5) is 25.6. The molecule has 1 amide bonds. The van der Waals surface area contributed by atoms with Crippen molar-refractivity contribution in [1.82, 2.24) is 4.90 Å². The third-order valence-electron chi connectivity index (χ3n) is 5.51. The molecular formula is C21H22F4N2O4. The molecule has 0 unspecified atom stereocenters. The lowest BCUT2D eigenvalue weighted by molar-refractivity contribution is -0.192. The zero-order valence-electron chi connectivity index (χ0n) is 16.8. The Kier molecular flexibility index (Phi) is 6.40. The molecule has 2 fully saturated rings. The van der Waals surface area contributed by atoms with Crippen molar-refractivity contribution in [3.8, 4) is 0 Å². The van der Waals surface area contributed by atoms with Crippen molar-refractivity contribution in [2.75, 3.05) is 24.5 Å². The topological polar surface area (TPSA) is 74.0 Å². The van der Waals surface area contributed by atoms with Crippen LogP contribution < -0.4 is 4.90 Å². The Balaban J connectivity index is 0.000000339. The number of alkyl halides is 3. The molecule has 0 bridgehead atoms. The molecule has 31 heavy (non-hydrogen) atoms. The highest BCUT2D eigenvalue weighted by Crippen LogP contribution is 2.44. The number of likely N-dealkylation sites (tertiary alicyclic amines) is 1.